The monoisotopic (exact) mass is 410 g/mol. The number of benzene rings is 2. The summed E-state index contributed by atoms with van der Waals surface area (Å²) in [4.78, 5) is 26.4. The molecule has 0 aliphatic heterocycles. The maximum Gasteiger partial charge on any atom is 0.251 e. The number of nitrogens with one attached hydrogen (secondary N) is 1. The van der Waals surface area contributed by atoms with Crippen LogP contribution in [0.2, 0.25) is 5.02 Å². The number of nitrogens with zero attached hydrogens (tertiary/aromatic N) is 1. The summed E-state index contributed by atoms with van der Waals surface area (Å²) in [6.45, 7) is 0.807. The quantitative estimate of drug-likeness (QED) is 0.596. The first-order chi connectivity index (χ1) is 14.1. The van der Waals surface area contributed by atoms with Crippen LogP contribution < -0.4 is 5.32 Å². The lowest BCUT2D eigenvalue weighted by Crippen LogP contribution is -2.30. The molecule has 2 aromatic carbocycles. The van der Waals surface area contributed by atoms with E-state index in [9.17, 15) is 9.59 Å². The molecular formula is C23H23ClN2O3. The molecule has 1 heterocycles. The molecular weight excluding hydrogens is 388 g/mol. The van der Waals surface area contributed by atoms with Gasteiger partial charge in [0.15, 0.2) is 0 Å². The summed E-state index contributed by atoms with van der Waals surface area (Å²) in [6, 6.07) is 18.4. The number of rotatable bonds is 8. The third kappa shape index (κ3) is 5.72. The number of hydrogen-bond donors (Lipinski definition) is 1. The lowest BCUT2D eigenvalue weighted by molar-refractivity contribution is -0.132. The van der Waals surface area contributed by atoms with E-state index in [4.69, 9.17) is 16.0 Å². The van der Waals surface area contributed by atoms with E-state index >= 15 is 0 Å². The zero-order chi connectivity index (χ0) is 20.6. The first kappa shape index (κ1) is 20.7. The predicted octanol–water partition coefficient (Wildman–Crippen LogP) is 4.45. The van der Waals surface area contributed by atoms with Crippen molar-refractivity contribution in [3.8, 4) is 0 Å². The fourth-order valence-electron chi connectivity index (χ4n) is 3.05. The molecule has 0 saturated heterocycles. The second-order valence-corrected chi connectivity index (χ2v) is 7.10. The fraction of sp³-hybridized carbons (Fsp3) is 0.217. The van der Waals surface area contributed by atoms with Crippen LogP contribution in [0.3, 0.4) is 0 Å². The number of amides is 2. The van der Waals surface area contributed by atoms with Crippen LogP contribution in [-0.2, 0) is 24.3 Å². The van der Waals surface area contributed by atoms with Crippen LogP contribution in [-0.4, -0.2) is 23.8 Å². The molecule has 1 N–H and O–H groups in total. The van der Waals surface area contributed by atoms with Gasteiger partial charge in [0.05, 0.1) is 12.8 Å². The summed E-state index contributed by atoms with van der Waals surface area (Å²) in [7, 11) is 1.60. The molecule has 0 bridgehead atoms. The summed E-state index contributed by atoms with van der Waals surface area (Å²) in [5, 5.41) is 3.27. The average Bonchev–Trinajstić information content (AvgIpc) is 3.25. The van der Waals surface area contributed by atoms with Crippen LogP contribution in [0.4, 0.5) is 0 Å². The largest absolute Gasteiger partial charge is 0.467 e. The van der Waals surface area contributed by atoms with Gasteiger partial charge in [0.25, 0.3) is 5.91 Å². The van der Waals surface area contributed by atoms with Crippen LogP contribution in [0.5, 0.6) is 0 Å². The van der Waals surface area contributed by atoms with Gasteiger partial charge in [0.1, 0.15) is 5.76 Å². The number of furan rings is 1. The van der Waals surface area contributed by atoms with Crippen molar-refractivity contribution in [2.45, 2.75) is 25.9 Å². The highest BCUT2D eigenvalue weighted by molar-refractivity contribution is 6.31. The van der Waals surface area contributed by atoms with Gasteiger partial charge in [-0.25, -0.2) is 0 Å². The Labute approximate surface area is 175 Å². The van der Waals surface area contributed by atoms with E-state index in [0.717, 1.165) is 16.9 Å². The van der Waals surface area contributed by atoms with E-state index in [1.807, 2.05) is 42.5 Å². The van der Waals surface area contributed by atoms with Crippen molar-refractivity contribution in [1.29, 1.82) is 0 Å². The van der Waals surface area contributed by atoms with Gasteiger partial charge in [-0.15, -0.1) is 0 Å². The first-order valence-electron chi connectivity index (χ1n) is 9.41. The van der Waals surface area contributed by atoms with Crippen LogP contribution >= 0.6 is 11.6 Å². The van der Waals surface area contributed by atoms with E-state index in [-0.39, 0.29) is 11.8 Å². The Morgan fingerprint density at radius 1 is 1.00 bits per heavy atom. The molecule has 5 nitrogen and oxygen atoms in total. The lowest BCUT2D eigenvalue weighted by atomic mass is 10.1. The van der Waals surface area contributed by atoms with Crippen molar-refractivity contribution in [1.82, 2.24) is 10.2 Å². The van der Waals surface area contributed by atoms with Gasteiger partial charge in [-0.1, -0.05) is 41.9 Å². The number of carbonyl (C=O) groups excluding carboxylic acids is 2. The molecule has 2 amide bonds. The predicted molar refractivity (Wildman–Crippen MR) is 113 cm³/mol. The average molecular weight is 411 g/mol. The van der Waals surface area contributed by atoms with Crippen molar-refractivity contribution in [3.05, 3.63) is 94.4 Å². The highest BCUT2D eigenvalue weighted by Gasteiger charge is 2.17. The first-order valence-corrected chi connectivity index (χ1v) is 9.79. The van der Waals surface area contributed by atoms with Gasteiger partial charge in [-0.05, 0) is 47.9 Å². The Hall–Kier alpha value is -3.05. The number of halogens is 1. The molecule has 0 saturated carbocycles. The Morgan fingerprint density at radius 2 is 1.76 bits per heavy atom. The summed E-state index contributed by atoms with van der Waals surface area (Å²) >= 11 is 6.21. The molecule has 0 fully saturated rings. The Bertz CT molecular complexity index is 953. The van der Waals surface area contributed by atoms with E-state index < -0.39 is 0 Å². The van der Waals surface area contributed by atoms with Crippen LogP contribution in [0.15, 0.2) is 71.3 Å². The van der Waals surface area contributed by atoms with Gasteiger partial charge in [0, 0.05) is 30.6 Å². The molecule has 1 aromatic heterocycles. The summed E-state index contributed by atoms with van der Waals surface area (Å²) < 4.78 is 5.43. The van der Waals surface area contributed by atoms with Crippen molar-refractivity contribution in [2.24, 2.45) is 0 Å². The molecule has 0 aliphatic carbocycles. The van der Waals surface area contributed by atoms with E-state index in [0.29, 0.717) is 36.5 Å². The molecule has 150 valence electrons. The molecule has 0 radical (unpaired) electrons. The molecule has 0 aliphatic rings. The van der Waals surface area contributed by atoms with Crippen LogP contribution in [0, 0.1) is 0 Å². The minimum atomic E-state index is -0.139. The van der Waals surface area contributed by atoms with Gasteiger partial charge < -0.3 is 14.6 Å². The highest BCUT2D eigenvalue weighted by Crippen LogP contribution is 2.19. The minimum absolute atomic E-state index is 0.0108. The summed E-state index contributed by atoms with van der Waals surface area (Å²) in [5.74, 6) is 0.592. The molecule has 6 heteroatoms. The van der Waals surface area contributed by atoms with Gasteiger partial charge in [0.2, 0.25) is 5.91 Å². The molecule has 3 aromatic rings. The topological polar surface area (TPSA) is 62.6 Å². The van der Waals surface area contributed by atoms with Crippen molar-refractivity contribution >= 4 is 23.4 Å². The van der Waals surface area contributed by atoms with Gasteiger partial charge in [-0.2, -0.15) is 0 Å². The Balaban J connectivity index is 1.71. The van der Waals surface area contributed by atoms with E-state index in [2.05, 4.69) is 5.32 Å². The molecule has 29 heavy (non-hydrogen) atoms. The normalized spacial score (nSPS) is 10.6. The SMILES string of the molecule is CNC(=O)c1ccc(CN(Cc2ccco2)C(=O)CCc2ccccc2Cl)cc1. The van der Waals surface area contributed by atoms with Crippen molar-refractivity contribution < 1.29 is 14.0 Å². The number of carbonyl (C=O) groups is 2. The second kappa shape index (κ2) is 9.94. The smallest absolute Gasteiger partial charge is 0.251 e. The molecule has 0 atom stereocenters. The van der Waals surface area contributed by atoms with Crippen molar-refractivity contribution in [2.75, 3.05) is 7.05 Å². The lowest BCUT2D eigenvalue weighted by Gasteiger charge is -2.22. The zero-order valence-corrected chi connectivity index (χ0v) is 17.0. The second-order valence-electron chi connectivity index (χ2n) is 6.70. The van der Waals surface area contributed by atoms with Gasteiger partial charge in [-0.3, -0.25) is 9.59 Å². The molecule has 3 rings (SSSR count). The Morgan fingerprint density at radius 3 is 2.41 bits per heavy atom. The van der Waals surface area contributed by atoms with Crippen LogP contribution in [0.1, 0.15) is 33.7 Å². The van der Waals surface area contributed by atoms with Crippen LogP contribution in [0.25, 0.3) is 0 Å². The number of hydrogen-bond acceptors (Lipinski definition) is 3. The third-order valence-corrected chi connectivity index (χ3v) is 5.03. The standard InChI is InChI=1S/C23H23ClN2O3/c1-25-23(28)19-10-8-17(9-11-19)15-26(16-20-6-4-14-29-20)22(27)13-12-18-5-2-3-7-21(18)24/h2-11,14H,12-13,15-16H2,1H3,(H,25,28). The molecule has 0 unspecified atom stereocenters. The minimum Gasteiger partial charge on any atom is -0.467 e. The number of aryl methyl sites for hydroxylation is 1. The van der Waals surface area contributed by atoms with Crippen molar-refractivity contribution in [3.63, 3.8) is 0 Å². The van der Waals surface area contributed by atoms with Gasteiger partial charge >= 0.3 is 0 Å². The highest BCUT2D eigenvalue weighted by atomic mass is 35.5. The maximum absolute atomic E-state index is 13.0. The fourth-order valence-corrected chi connectivity index (χ4v) is 3.28. The maximum atomic E-state index is 13.0. The summed E-state index contributed by atoms with van der Waals surface area (Å²) in [5.41, 5.74) is 2.48. The Kier molecular flexibility index (Phi) is 7.09. The zero-order valence-electron chi connectivity index (χ0n) is 16.2. The third-order valence-electron chi connectivity index (χ3n) is 4.66. The van der Waals surface area contributed by atoms with E-state index in [1.54, 1.807) is 36.4 Å². The molecule has 0 spiro atoms. The summed E-state index contributed by atoms with van der Waals surface area (Å²) in [6.07, 6.45) is 2.52. The van der Waals surface area contributed by atoms with E-state index in [1.165, 1.54) is 0 Å².